The van der Waals surface area contributed by atoms with Gasteiger partial charge in [0.1, 0.15) is 0 Å². The molecule has 0 spiro atoms. The molecular weight excluding hydrogens is 380 g/mol. The van der Waals surface area contributed by atoms with Crippen molar-refractivity contribution in [2.75, 3.05) is 0 Å². The fourth-order valence-corrected chi connectivity index (χ4v) is 2.96. The Morgan fingerprint density at radius 1 is 0.800 bits per heavy atom. The highest BCUT2D eigenvalue weighted by molar-refractivity contribution is 5.78. The van der Waals surface area contributed by atoms with Crippen LogP contribution in [0.1, 0.15) is 23.1 Å². The number of aliphatic hydroxyl groups excluding tert-OH is 1. The highest BCUT2D eigenvalue weighted by Gasteiger charge is 2.21. The Balaban J connectivity index is 0.000000386. The predicted molar refractivity (Wildman–Crippen MR) is 116 cm³/mol. The van der Waals surface area contributed by atoms with Gasteiger partial charge in [0, 0.05) is 0 Å². The minimum atomic E-state index is -1.12. The molecular formula is C25H26O5. The first-order valence-electron chi connectivity index (χ1n) is 9.64. The summed E-state index contributed by atoms with van der Waals surface area (Å²) < 4.78 is 0. The Bertz CT molecular complexity index is 949. The molecule has 0 unspecified atom stereocenters. The highest BCUT2D eigenvalue weighted by Crippen LogP contribution is 2.22. The molecule has 3 aromatic carbocycles. The van der Waals surface area contributed by atoms with Crippen LogP contribution in [0.25, 0.3) is 11.1 Å². The molecule has 0 bridgehead atoms. The minimum absolute atomic E-state index is 0.0264. The zero-order chi connectivity index (χ0) is 21.9. The number of aryl methyl sites for hydroxylation is 1. The van der Waals surface area contributed by atoms with Crippen LogP contribution >= 0.6 is 0 Å². The van der Waals surface area contributed by atoms with Crippen LogP contribution in [0, 0.1) is 12.8 Å². The molecule has 0 saturated carbocycles. The standard InChI is InChI=1S/C18H18O5.C7H8/c19-11-13-2-1-3-15(9-13)14-6-4-12(5-7-14)8-16(18(22)23)10-17(20)21;1-7-5-3-2-4-6-7/h1-7,9,16,19H,8,10-11H2,(H,20,21)(H,22,23);2-6H,1H3/t16-;/m0./s1. The first-order chi connectivity index (χ1) is 14.4. The summed E-state index contributed by atoms with van der Waals surface area (Å²) in [7, 11) is 0. The number of hydrogen-bond donors (Lipinski definition) is 3. The third kappa shape index (κ3) is 7.53. The van der Waals surface area contributed by atoms with E-state index in [0.29, 0.717) is 0 Å². The molecule has 0 saturated heterocycles. The molecule has 0 aromatic heterocycles. The zero-order valence-corrected chi connectivity index (χ0v) is 16.9. The van der Waals surface area contributed by atoms with Crippen molar-refractivity contribution < 1.29 is 24.9 Å². The SMILES string of the molecule is Cc1ccccc1.O=C(O)C[C@H](Cc1ccc(-c2cccc(CO)c2)cc1)C(=O)O. The summed E-state index contributed by atoms with van der Waals surface area (Å²) in [4.78, 5) is 21.8. The number of benzene rings is 3. The molecule has 0 amide bonds. The van der Waals surface area contributed by atoms with E-state index in [1.165, 1.54) is 5.56 Å². The summed E-state index contributed by atoms with van der Waals surface area (Å²) in [5.74, 6) is -3.15. The molecule has 0 aliphatic carbocycles. The summed E-state index contributed by atoms with van der Waals surface area (Å²) >= 11 is 0. The molecule has 3 rings (SSSR count). The molecule has 0 fully saturated rings. The van der Waals surface area contributed by atoms with Crippen LogP contribution < -0.4 is 0 Å². The second-order valence-electron chi connectivity index (χ2n) is 7.05. The highest BCUT2D eigenvalue weighted by atomic mass is 16.4. The van der Waals surface area contributed by atoms with Crippen LogP contribution in [-0.2, 0) is 22.6 Å². The summed E-state index contributed by atoms with van der Waals surface area (Å²) in [6.07, 6.45) is -0.214. The molecule has 3 N–H and O–H groups in total. The van der Waals surface area contributed by atoms with Gasteiger partial charge in [0.2, 0.25) is 0 Å². The number of carboxylic acid groups (broad SMARTS) is 2. The molecule has 0 heterocycles. The van der Waals surface area contributed by atoms with Gasteiger partial charge in [-0.3, -0.25) is 9.59 Å². The number of rotatable bonds is 7. The van der Waals surface area contributed by atoms with Crippen molar-refractivity contribution in [1.82, 2.24) is 0 Å². The minimum Gasteiger partial charge on any atom is -0.481 e. The first-order valence-corrected chi connectivity index (χ1v) is 9.64. The lowest BCUT2D eigenvalue weighted by molar-refractivity contribution is -0.148. The van der Waals surface area contributed by atoms with E-state index >= 15 is 0 Å². The summed E-state index contributed by atoms with van der Waals surface area (Å²) in [6.45, 7) is 2.06. The lowest BCUT2D eigenvalue weighted by Gasteiger charge is -2.11. The number of carbonyl (C=O) groups is 2. The van der Waals surface area contributed by atoms with Gasteiger partial charge in [0.05, 0.1) is 18.9 Å². The molecule has 3 aromatic rings. The fraction of sp³-hybridized carbons (Fsp3) is 0.200. The van der Waals surface area contributed by atoms with Gasteiger partial charge in [0.25, 0.3) is 0 Å². The van der Waals surface area contributed by atoms with Crippen molar-refractivity contribution in [3.8, 4) is 11.1 Å². The van der Waals surface area contributed by atoms with Crippen LogP contribution in [-0.4, -0.2) is 27.3 Å². The molecule has 30 heavy (non-hydrogen) atoms. The van der Waals surface area contributed by atoms with Crippen molar-refractivity contribution in [2.45, 2.75) is 26.4 Å². The average Bonchev–Trinajstić information content (AvgIpc) is 2.74. The van der Waals surface area contributed by atoms with Crippen LogP contribution in [0.3, 0.4) is 0 Å². The molecule has 156 valence electrons. The van der Waals surface area contributed by atoms with Gasteiger partial charge < -0.3 is 15.3 Å². The largest absolute Gasteiger partial charge is 0.481 e. The number of hydrogen-bond acceptors (Lipinski definition) is 3. The lowest BCUT2D eigenvalue weighted by Crippen LogP contribution is -2.20. The Hall–Kier alpha value is -3.44. The third-order valence-electron chi connectivity index (χ3n) is 4.59. The number of aliphatic carboxylic acids is 2. The maximum absolute atomic E-state index is 11.1. The van der Waals surface area contributed by atoms with E-state index in [0.717, 1.165) is 22.3 Å². The van der Waals surface area contributed by atoms with Gasteiger partial charge in [-0.1, -0.05) is 78.4 Å². The van der Waals surface area contributed by atoms with Crippen LogP contribution in [0.2, 0.25) is 0 Å². The van der Waals surface area contributed by atoms with Crippen LogP contribution in [0.5, 0.6) is 0 Å². The summed E-state index contributed by atoms with van der Waals surface area (Å²) in [5, 5.41) is 27.0. The van der Waals surface area contributed by atoms with E-state index < -0.39 is 24.3 Å². The van der Waals surface area contributed by atoms with Gasteiger partial charge in [-0.05, 0) is 41.7 Å². The first kappa shape index (κ1) is 22.8. The topological polar surface area (TPSA) is 94.8 Å². The summed E-state index contributed by atoms with van der Waals surface area (Å²) in [5.41, 5.74) is 4.83. The molecule has 0 aliphatic rings. The zero-order valence-electron chi connectivity index (χ0n) is 16.9. The van der Waals surface area contributed by atoms with E-state index in [4.69, 9.17) is 10.2 Å². The van der Waals surface area contributed by atoms with Crippen LogP contribution in [0.15, 0.2) is 78.9 Å². The summed E-state index contributed by atoms with van der Waals surface area (Å²) in [6, 6.07) is 25.1. The van der Waals surface area contributed by atoms with E-state index in [1.54, 1.807) is 12.1 Å². The maximum atomic E-state index is 11.1. The Labute approximate surface area is 176 Å². The molecule has 5 nitrogen and oxygen atoms in total. The van der Waals surface area contributed by atoms with E-state index in [1.807, 2.05) is 54.6 Å². The molecule has 1 atom stereocenters. The second-order valence-corrected chi connectivity index (χ2v) is 7.05. The third-order valence-corrected chi connectivity index (χ3v) is 4.59. The predicted octanol–water partition coefficient (Wildman–Crippen LogP) is 4.56. The second kappa shape index (κ2) is 11.5. The molecule has 0 aliphatic heterocycles. The van der Waals surface area contributed by atoms with Gasteiger partial charge in [-0.2, -0.15) is 0 Å². The maximum Gasteiger partial charge on any atom is 0.307 e. The number of carboxylic acids is 2. The van der Waals surface area contributed by atoms with Gasteiger partial charge in [-0.15, -0.1) is 0 Å². The fourth-order valence-electron chi connectivity index (χ4n) is 2.96. The quantitative estimate of drug-likeness (QED) is 0.535. The van der Waals surface area contributed by atoms with Crippen molar-refractivity contribution in [1.29, 1.82) is 0 Å². The molecule has 5 heteroatoms. The lowest BCUT2D eigenvalue weighted by atomic mass is 9.94. The van der Waals surface area contributed by atoms with Gasteiger partial charge >= 0.3 is 11.9 Å². The van der Waals surface area contributed by atoms with Crippen molar-refractivity contribution in [3.05, 3.63) is 95.6 Å². The van der Waals surface area contributed by atoms with E-state index in [2.05, 4.69) is 19.1 Å². The van der Waals surface area contributed by atoms with Crippen LogP contribution in [0.4, 0.5) is 0 Å². The molecule has 0 radical (unpaired) electrons. The van der Waals surface area contributed by atoms with Crippen molar-refractivity contribution >= 4 is 11.9 Å². The Kier molecular flexibility index (Phi) is 8.78. The van der Waals surface area contributed by atoms with Crippen molar-refractivity contribution in [3.63, 3.8) is 0 Å². The Morgan fingerprint density at radius 3 is 1.97 bits per heavy atom. The monoisotopic (exact) mass is 406 g/mol. The number of aliphatic hydroxyl groups is 1. The Morgan fingerprint density at radius 2 is 1.47 bits per heavy atom. The van der Waals surface area contributed by atoms with Crippen molar-refractivity contribution in [2.24, 2.45) is 5.92 Å². The van der Waals surface area contributed by atoms with E-state index in [9.17, 15) is 14.7 Å². The average molecular weight is 406 g/mol. The van der Waals surface area contributed by atoms with Gasteiger partial charge in [0.15, 0.2) is 0 Å². The van der Waals surface area contributed by atoms with Gasteiger partial charge in [-0.25, -0.2) is 0 Å². The normalized spacial score (nSPS) is 11.1. The smallest absolute Gasteiger partial charge is 0.307 e. The van der Waals surface area contributed by atoms with E-state index in [-0.39, 0.29) is 13.0 Å².